The molecule has 0 fully saturated rings. The van der Waals surface area contributed by atoms with E-state index in [4.69, 9.17) is 25.8 Å². The van der Waals surface area contributed by atoms with Gasteiger partial charge in [-0.1, -0.05) is 67.4 Å². The summed E-state index contributed by atoms with van der Waals surface area (Å²) in [7, 11) is 0.0303. The van der Waals surface area contributed by atoms with Gasteiger partial charge in [-0.15, -0.1) is 0 Å². The van der Waals surface area contributed by atoms with Crippen LogP contribution in [0, 0.1) is 0 Å². The highest BCUT2D eigenvalue weighted by molar-refractivity contribution is 7.92. The van der Waals surface area contributed by atoms with Crippen molar-refractivity contribution in [3.05, 3.63) is 113 Å². The highest BCUT2D eigenvalue weighted by atomic mass is 35.5. The molecule has 0 radical (unpaired) electrons. The number of methoxy groups -OCH3 is 3. The minimum atomic E-state index is -4.37. The Hall–Kier alpha value is -4.74. The summed E-state index contributed by atoms with van der Waals surface area (Å²) >= 11 is 6.17. The molecular weight excluding hydrogens is 666 g/mol. The van der Waals surface area contributed by atoms with Crippen molar-refractivity contribution < 1.29 is 32.2 Å². The Balaban J connectivity index is 1.82. The van der Waals surface area contributed by atoms with Gasteiger partial charge in [-0.05, 0) is 66.1 Å². The minimum Gasteiger partial charge on any atom is -0.497 e. The van der Waals surface area contributed by atoms with Crippen LogP contribution in [0.1, 0.15) is 30.9 Å². The quantitative estimate of drug-likeness (QED) is 0.132. The summed E-state index contributed by atoms with van der Waals surface area (Å²) in [6.07, 6.45) is 1.85. The molecule has 4 rings (SSSR count). The Kier molecular flexibility index (Phi) is 13.3. The molecule has 0 bridgehead atoms. The number of hydrogen-bond acceptors (Lipinski definition) is 7. The lowest BCUT2D eigenvalue weighted by Crippen LogP contribution is -2.53. The van der Waals surface area contributed by atoms with Gasteiger partial charge in [-0.2, -0.15) is 0 Å². The molecule has 2 amide bonds. The third-order valence-corrected chi connectivity index (χ3v) is 9.95. The second kappa shape index (κ2) is 17.6. The maximum absolute atomic E-state index is 14.7. The Labute approximate surface area is 293 Å². The van der Waals surface area contributed by atoms with Crippen LogP contribution in [0.3, 0.4) is 0 Å². The zero-order valence-corrected chi connectivity index (χ0v) is 29.7. The number of rotatable bonds is 17. The van der Waals surface area contributed by atoms with Gasteiger partial charge in [0.25, 0.3) is 10.0 Å². The number of benzene rings is 4. The lowest BCUT2D eigenvalue weighted by molar-refractivity contribution is -0.140. The van der Waals surface area contributed by atoms with Gasteiger partial charge in [0.05, 0.1) is 31.9 Å². The second-order valence-corrected chi connectivity index (χ2v) is 13.5. The Morgan fingerprint density at radius 2 is 1.51 bits per heavy atom. The average molecular weight is 708 g/mol. The normalized spacial score (nSPS) is 11.7. The second-order valence-electron chi connectivity index (χ2n) is 11.2. The minimum absolute atomic E-state index is 0.0135. The van der Waals surface area contributed by atoms with Crippen LogP contribution in [0.25, 0.3) is 0 Å². The predicted octanol–water partition coefficient (Wildman–Crippen LogP) is 6.12. The maximum atomic E-state index is 14.7. The molecule has 0 saturated carbocycles. The van der Waals surface area contributed by atoms with Gasteiger partial charge in [0, 0.05) is 30.6 Å². The Morgan fingerprint density at radius 1 is 0.816 bits per heavy atom. The summed E-state index contributed by atoms with van der Waals surface area (Å²) in [5.74, 6) is 0.202. The van der Waals surface area contributed by atoms with Gasteiger partial charge in [0.2, 0.25) is 11.8 Å². The zero-order valence-electron chi connectivity index (χ0n) is 28.1. The van der Waals surface area contributed by atoms with E-state index in [1.165, 1.54) is 49.5 Å². The van der Waals surface area contributed by atoms with Crippen LogP contribution in [-0.4, -0.2) is 65.6 Å². The third-order valence-electron chi connectivity index (χ3n) is 7.92. The van der Waals surface area contributed by atoms with Crippen LogP contribution < -0.4 is 23.8 Å². The van der Waals surface area contributed by atoms with Crippen LogP contribution in [0.5, 0.6) is 17.2 Å². The van der Waals surface area contributed by atoms with E-state index in [1.54, 1.807) is 37.4 Å². The summed E-state index contributed by atoms with van der Waals surface area (Å²) in [6, 6.07) is 26.0. The molecular formula is C37H42ClN3O7S. The number of carbonyl (C=O) groups excluding carboxylic acids is 2. The number of carbonyl (C=O) groups is 2. The van der Waals surface area contributed by atoms with E-state index < -0.39 is 28.5 Å². The number of sulfonamides is 1. The van der Waals surface area contributed by atoms with E-state index in [0.29, 0.717) is 28.6 Å². The summed E-state index contributed by atoms with van der Waals surface area (Å²) in [5, 5.41) is 3.38. The molecule has 0 saturated heterocycles. The third kappa shape index (κ3) is 9.67. The molecule has 260 valence electrons. The van der Waals surface area contributed by atoms with E-state index in [2.05, 4.69) is 5.32 Å². The number of nitrogens with one attached hydrogen (secondary N) is 1. The summed E-state index contributed by atoms with van der Waals surface area (Å²) in [6.45, 7) is 1.86. The van der Waals surface area contributed by atoms with E-state index in [9.17, 15) is 18.0 Å². The fourth-order valence-electron chi connectivity index (χ4n) is 5.27. The van der Waals surface area contributed by atoms with E-state index in [1.807, 2.05) is 43.3 Å². The monoisotopic (exact) mass is 707 g/mol. The SMILES string of the molecule is CCCCNC(=O)[C@H](Cc1ccccc1)N(Cc1cccc(OC)c1)C(=O)CN(c1ccc(Cl)cc1)S(=O)(=O)c1ccc(OC)c(OC)c1. The van der Waals surface area contributed by atoms with E-state index in [-0.39, 0.29) is 35.2 Å². The molecule has 1 atom stereocenters. The van der Waals surface area contributed by atoms with Crippen molar-refractivity contribution in [2.24, 2.45) is 0 Å². The van der Waals surface area contributed by atoms with Crippen molar-refractivity contribution >= 4 is 39.1 Å². The number of nitrogens with zero attached hydrogens (tertiary/aromatic N) is 2. The first-order valence-electron chi connectivity index (χ1n) is 15.9. The molecule has 0 spiro atoms. The van der Waals surface area contributed by atoms with Gasteiger partial charge in [0.1, 0.15) is 18.3 Å². The maximum Gasteiger partial charge on any atom is 0.264 e. The molecule has 49 heavy (non-hydrogen) atoms. The molecule has 4 aromatic rings. The highest BCUT2D eigenvalue weighted by Gasteiger charge is 2.35. The topological polar surface area (TPSA) is 114 Å². The van der Waals surface area contributed by atoms with Crippen molar-refractivity contribution in [2.45, 2.75) is 43.7 Å². The van der Waals surface area contributed by atoms with Crippen molar-refractivity contribution in [2.75, 3.05) is 38.7 Å². The first-order valence-corrected chi connectivity index (χ1v) is 17.7. The van der Waals surface area contributed by atoms with Crippen LogP contribution in [0.4, 0.5) is 5.69 Å². The van der Waals surface area contributed by atoms with Gasteiger partial charge in [0.15, 0.2) is 11.5 Å². The van der Waals surface area contributed by atoms with Crippen LogP contribution in [0.2, 0.25) is 5.02 Å². The van der Waals surface area contributed by atoms with Crippen molar-refractivity contribution in [3.63, 3.8) is 0 Å². The van der Waals surface area contributed by atoms with Gasteiger partial charge < -0.3 is 24.4 Å². The first kappa shape index (κ1) is 37.1. The number of anilines is 1. The van der Waals surface area contributed by atoms with Crippen LogP contribution in [0.15, 0.2) is 102 Å². The number of hydrogen-bond donors (Lipinski definition) is 1. The molecule has 0 aliphatic carbocycles. The van der Waals surface area contributed by atoms with Gasteiger partial charge >= 0.3 is 0 Å². The van der Waals surface area contributed by atoms with Gasteiger partial charge in [-0.25, -0.2) is 8.42 Å². The number of amides is 2. The largest absolute Gasteiger partial charge is 0.497 e. The molecule has 12 heteroatoms. The van der Waals surface area contributed by atoms with Crippen molar-refractivity contribution in [3.8, 4) is 17.2 Å². The average Bonchev–Trinajstić information content (AvgIpc) is 3.12. The summed E-state index contributed by atoms with van der Waals surface area (Å²) in [5.41, 5.74) is 1.75. The highest BCUT2D eigenvalue weighted by Crippen LogP contribution is 2.33. The van der Waals surface area contributed by atoms with Crippen LogP contribution in [-0.2, 0) is 32.6 Å². The summed E-state index contributed by atoms with van der Waals surface area (Å²) < 4.78 is 45.9. The summed E-state index contributed by atoms with van der Waals surface area (Å²) in [4.78, 5) is 29.9. The standard InChI is InChI=1S/C37H42ClN3O7S/c1-5-6-21-39-37(43)33(23-27-11-8-7-9-12-27)40(25-28-13-10-14-31(22-28)46-2)36(42)26-41(30-17-15-29(38)16-18-30)49(44,45)32-19-20-34(47-3)35(24-32)48-4/h7-20,22,24,33H,5-6,21,23,25-26H2,1-4H3,(H,39,43)/t33-/m0/s1. The molecule has 1 N–H and O–H groups in total. The molecule has 0 aliphatic heterocycles. The van der Waals surface area contributed by atoms with E-state index >= 15 is 0 Å². The first-order chi connectivity index (χ1) is 23.6. The molecule has 10 nitrogen and oxygen atoms in total. The number of unbranched alkanes of at least 4 members (excludes halogenated alkanes) is 1. The molecule has 0 unspecified atom stereocenters. The smallest absolute Gasteiger partial charge is 0.264 e. The Bertz CT molecular complexity index is 1800. The van der Waals surface area contributed by atoms with Crippen molar-refractivity contribution in [1.82, 2.24) is 10.2 Å². The number of halogens is 1. The van der Waals surface area contributed by atoms with Crippen molar-refractivity contribution in [1.29, 1.82) is 0 Å². The fourth-order valence-corrected chi connectivity index (χ4v) is 6.82. The lowest BCUT2D eigenvalue weighted by Gasteiger charge is -2.34. The van der Waals surface area contributed by atoms with Gasteiger partial charge in [-0.3, -0.25) is 13.9 Å². The van der Waals surface area contributed by atoms with Crippen LogP contribution >= 0.6 is 11.6 Å². The molecule has 0 aliphatic rings. The molecule has 4 aromatic carbocycles. The number of ether oxygens (including phenoxy) is 3. The van der Waals surface area contributed by atoms with E-state index in [0.717, 1.165) is 22.7 Å². The predicted molar refractivity (Wildman–Crippen MR) is 191 cm³/mol. The molecule has 0 aromatic heterocycles. The Morgan fingerprint density at radius 3 is 2.16 bits per heavy atom. The zero-order chi connectivity index (χ0) is 35.4. The lowest BCUT2D eigenvalue weighted by atomic mass is 10.0. The fraction of sp³-hybridized carbons (Fsp3) is 0.297. The molecule has 0 heterocycles.